The maximum atomic E-state index is 10.6. The van der Waals surface area contributed by atoms with Crippen LogP contribution in [-0.2, 0) is 0 Å². The van der Waals surface area contributed by atoms with E-state index in [1.807, 2.05) is 12.1 Å². The van der Waals surface area contributed by atoms with Gasteiger partial charge in [-0.1, -0.05) is 18.2 Å². The summed E-state index contributed by atoms with van der Waals surface area (Å²) in [6, 6.07) is 7.25. The summed E-state index contributed by atoms with van der Waals surface area (Å²) in [5.74, 6) is 0.622. The van der Waals surface area contributed by atoms with Crippen LogP contribution in [0.25, 0.3) is 11.3 Å². The van der Waals surface area contributed by atoms with E-state index in [9.17, 15) is 4.79 Å². The number of nitrogens with zero attached hydrogens (tertiary/aromatic N) is 1. The lowest BCUT2D eigenvalue weighted by Crippen LogP contribution is -1.82. The van der Waals surface area contributed by atoms with Gasteiger partial charge in [-0.2, -0.15) is 0 Å². The molecule has 3 nitrogen and oxygen atoms in total. The van der Waals surface area contributed by atoms with Crippen LogP contribution in [0.15, 0.2) is 34.9 Å². The third-order valence-corrected chi connectivity index (χ3v) is 1.94. The average Bonchev–Trinajstić information content (AvgIpc) is 2.65. The normalized spacial score (nSPS) is 10.1. The zero-order chi connectivity index (χ0) is 9.97. The van der Waals surface area contributed by atoms with E-state index in [2.05, 4.69) is 4.98 Å². The first kappa shape index (κ1) is 8.69. The molecular weight excluding hydrogens is 178 g/mol. The van der Waals surface area contributed by atoms with Crippen molar-refractivity contribution in [2.75, 3.05) is 0 Å². The van der Waals surface area contributed by atoms with Gasteiger partial charge in [-0.15, -0.1) is 0 Å². The van der Waals surface area contributed by atoms with Crippen LogP contribution in [0, 0.1) is 6.92 Å². The summed E-state index contributed by atoms with van der Waals surface area (Å²) in [7, 11) is 0. The van der Waals surface area contributed by atoms with Crippen molar-refractivity contribution in [1.82, 2.24) is 4.98 Å². The van der Waals surface area contributed by atoms with Gasteiger partial charge in [0.2, 0.25) is 0 Å². The van der Waals surface area contributed by atoms with E-state index >= 15 is 0 Å². The zero-order valence-corrected chi connectivity index (χ0v) is 7.73. The molecule has 0 saturated carbocycles. The molecule has 0 fully saturated rings. The second-order valence-electron chi connectivity index (χ2n) is 3.00. The minimum atomic E-state index is 0.622. The Morgan fingerprint density at radius 3 is 2.93 bits per heavy atom. The molecule has 0 aliphatic heterocycles. The van der Waals surface area contributed by atoms with E-state index in [-0.39, 0.29) is 0 Å². The summed E-state index contributed by atoms with van der Waals surface area (Å²) < 4.78 is 5.09. The van der Waals surface area contributed by atoms with Crippen LogP contribution in [0.4, 0.5) is 0 Å². The third kappa shape index (κ3) is 1.57. The van der Waals surface area contributed by atoms with Crippen molar-refractivity contribution in [2.45, 2.75) is 6.92 Å². The summed E-state index contributed by atoms with van der Waals surface area (Å²) in [5, 5.41) is 0. The molecule has 0 spiro atoms. The first-order chi connectivity index (χ1) is 6.79. The highest BCUT2D eigenvalue weighted by Gasteiger charge is 2.03. The summed E-state index contributed by atoms with van der Waals surface area (Å²) in [6.07, 6.45) is 2.40. The van der Waals surface area contributed by atoms with Gasteiger partial charge in [0.05, 0.1) is 0 Å². The van der Waals surface area contributed by atoms with Gasteiger partial charge in [0, 0.05) is 18.1 Å². The molecule has 2 rings (SSSR count). The van der Waals surface area contributed by atoms with Gasteiger partial charge in [-0.3, -0.25) is 4.79 Å². The Morgan fingerprint density at radius 2 is 2.29 bits per heavy atom. The number of oxazole rings is 1. The molecule has 1 aromatic carbocycles. The van der Waals surface area contributed by atoms with Crippen LogP contribution >= 0.6 is 0 Å². The number of aromatic nitrogens is 1. The van der Waals surface area contributed by atoms with Crippen molar-refractivity contribution < 1.29 is 9.21 Å². The zero-order valence-electron chi connectivity index (χ0n) is 7.73. The molecule has 0 N–H and O–H groups in total. The number of carbonyl (C=O) groups is 1. The first-order valence-electron chi connectivity index (χ1n) is 4.27. The Bertz CT molecular complexity index is 460. The van der Waals surface area contributed by atoms with Gasteiger partial charge < -0.3 is 4.42 Å². The molecule has 0 amide bonds. The second kappa shape index (κ2) is 3.46. The van der Waals surface area contributed by atoms with Crippen molar-refractivity contribution in [3.8, 4) is 11.3 Å². The van der Waals surface area contributed by atoms with Gasteiger partial charge in [-0.05, 0) is 6.07 Å². The number of rotatable bonds is 2. The lowest BCUT2D eigenvalue weighted by atomic mass is 10.1. The van der Waals surface area contributed by atoms with E-state index in [1.165, 1.54) is 0 Å². The van der Waals surface area contributed by atoms with Crippen LogP contribution in [-0.4, -0.2) is 11.3 Å². The molecule has 0 aliphatic rings. The van der Waals surface area contributed by atoms with Gasteiger partial charge in [0.1, 0.15) is 18.2 Å². The van der Waals surface area contributed by atoms with Crippen molar-refractivity contribution >= 4 is 6.29 Å². The Morgan fingerprint density at radius 1 is 1.43 bits per heavy atom. The van der Waals surface area contributed by atoms with Crippen molar-refractivity contribution in [1.29, 1.82) is 0 Å². The molecule has 2 aromatic rings. The fourth-order valence-corrected chi connectivity index (χ4v) is 1.27. The van der Waals surface area contributed by atoms with Crippen molar-refractivity contribution in [2.24, 2.45) is 0 Å². The number of hydrogen-bond acceptors (Lipinski definition) is 3. The molecule has 0 atom stereocenters. The largest absolute Gasteiger partial charge is 0.449 e. The average molecular weight is 187 g/mol. The second-order valence-corrected chi connectivity index (χ2v) is 3.00. The van der Waals surface area contributed by atoms with Gasteiger partial charge in [0.25, 0.3) is 0 Å². The minimum Gasteiger partial charge on any atom is -0.449 e. The van der Waals surface area contributed by atoms with Crippen LogP contribution in [0.5, 0.6) is 0 Å². The Kier molecular flexibility index (Phi) is 2.14. The van der Waals surface area contributed by atoms with Gasteiger partial charge in [0.15, 0.2) is 5.89 Å². The molecule has 70 valence electrons. The highest BCUT2D eigenvalue weighted by atomic mass is 16.3. The highest BCUT2D eigenvalue weighted by molar-refractivity contribution is 5.78. The first-order valence-corrected chi connectivity index (χ1v) is 4.27. The maximum absolute atomic E-state index is 10.6. The summed E-state index contributed by atoms with van der Waals surface area (Å²) in [5.41, 5.74) is 2.29. The van der Waals surface area contributed by atoms with E-state index in [0.717, 1.165) is 17.5 Å². The highest BCUT2D eigenvalue weighted by Crippen LogP contribution is 2.18. The lowest BCUT2D eigenvalue weighted by molar-refractivity contribution is 0.112. The predicted octanol–water partition coefficient (Wildman–Crippen LogP) is 2.46. The monoisotopic (exact) mass is 187 g/mol. The van der Waals surface area contributed by atoms with E-state index in [0.29, 0.717) is 11.5 Å². The number of benzene rings is 1. The number of carbonyl (C=O) groups excluding carboxylic acids is 1. The minimum absolute atomic E-state index is 0.622. The fraction of sp³-hybridized carbons (Fsp3) is 0.0909. The van der Waals surface area contributed by atoms with Crippen molar-refractivity contribution in [3.05, 3.63) is 42.0 Å². The quantitative estimate of drug-likeness (QED) is 0.678. The topological polar surface area (TPSA) is 43.1 Å². The van der Waals surface area contributed by atoms with E-state index in [1.54, 1.807) is 25.3 Å². The standard InChI is InChI=1S/C11H9NO2/c1-8-12-11(7-14-8)10-4-2-3-9(5-10)6-13/h2-7H,1H3. The van der Waals surface area contributed by atoms with Crippen LogP contribution in [0.1, 0.15) is 16.2 Å². The Balaban J connectivity index is 2.46. The molecular formula is C11H9NO2. The Labute approximate surface area is 81.4 Å². The van der Waals surface area contributed by atoms with Gasteiger partial charge >= 0.3 is 0 Å². The summed E-state index contributed by atoms with van der Waals surface area (Å²) >= 11 is 0. The van der Waals surface area contributed by atoms with E-state index < -0.39 is 0 Å². The summed E-state index contributed by atoms with van der Waals surface area (Å²) in [4.78, 5) is 14.7. The number of aldehydes is 1. The number of hydrogen-bond donors (Lipinski definition) is 0. The maximum Gasteiger partial charge on any atom is 0.191 e. The van der Waals surface area contributed by atoms with E-state index in [4.69, 9.17) is 4.42 Å². The smallest absolute Gasteiger partial charge is 0.191 e. The predicted molar refractivity (Wildman–Crippen MR) is 52.1 cm³/mol. The van der Waals surface area contributed by atoms with Crippen LogP contribution in [0.3, 0.4) is 0 Å². The molecule has 0 aliphatic carbocycles. The molecule has 1 heterocycles. The summed E-state index contributed by atoms with van der Waals surface area (Å²) in [6.45, 7) is 1.78. The molecule has 0 saturated heterocycles. The van der Waals surface area contributed by atoms with Crippen LogP contribution < -0.4 is 0 Å². The lowest BCUT2D eigenvalue weighted by Gasteiger charge is -1.95. The molecule has 14 heavy (non-hydrogen) atoms. The molecule has 1 aromatic heterocycles. The third-order valence-electron chi connectivity index (χ3n) is 1.94. The molecule has 0 bridgehead atoms. The number of aryl methyl sites for hydroxylation is 1. The molecule has 0 radical (unpaired) electrons. The SMILES string of the molecule is Cc1nc(-c2cccc(C=O)c2)co1. The van der Waals surface area contributed by atoms with Gasteiger partial charge in [-0.25, -0.2) is 4.98 Å². The van der Waals surface area contributed by atoms with Crippen molar-refractivity contribution in [3.63, 3.8) is 0 Å². The molecule has 3 heteroatoms. The fourth-order valence-electron chi connectivity index (χ4n) is 1.27. The van der Waals surface area contributed by atoms with Crippen LogP contribution in [0.2, 0.25) is 0 Å². The molecule has 0 unspecified atom stereocenters. The Hall–Kier alpha value is -1.90.